The van der Waals surface area contributed by atoms with E-state index in [1.54, 1.807) is 4.90 Å². The maximum Gasteiger partial charge on any atom is 0.225 e. The van der Waals surface area contributed by atoms with Crippen LogP contribution in [-0.4, -0.2) is 29.8 Å². The molecule has 1 aliphatic heterocycles. The molecule has 0 spiro atoms. The summed E-state index contributed by atoms with van der Waals surface area (Å²) in [5.41, 5.74) is 2.43. The van der Waals surface area contributed by atoms with Gasteiger partial charge in [-0.1, -0.05) is 60.7 Å². The summed E-state index contributed by atoms with van der Waals surface area (Å²) in [6.07, 6.45) is 3.36. The highest BCUT2D eigenvalue weighted by Gasteiger charge is 2.33. The summed E-state index contributed by atoms with van der Waals surface area (Å²) in [6.45, 7) is 1.78. The SMILES string of the molecule is O=C(NCCCCc1ccccc1)C1CC(=O)N(Cc2ccccc2)C1. The second-order valence-corrected chi connectivity index (χ2v) is 6.89. The third kappa shape index (κ3) is 5.19. The van der Waals surface area contributed by atoms with Gasteiger partial charge >= 0.3 is 0 Å². The zero-order valence-electron chi connectivity index (χ0n) is 15.1. The van der Waals surface area contributed by atoms with Crippen molar-refractivity contribution in [1.29, 1.82) is 0 Å². The summed E-state index contributed by atoms with van der Waals surface area (Å²) >= 11 is 0. The van der Waals surface area contributed by atoms with Crippen LogP contribution in [-0.2, 0) is 22.6 Å². The molecule has 0 aromatic heterocycles. The Hall–Kier alpha value is -2.62. The Morgan fingerprint density at radius 1 is 0.962 bits per heavy atom. The quantitative estimate of drug-likeness (QED) is 0.744. The number of amides is 2. The predicted molar refractivity (Wildman–Crippen MR) is 102 cm³/mol. The van der Waals surface area contributed by atoms with Gasteiger partial charge in [-0.25, -0.2) is 0 Å². The summed E-state index contributed by atoms with van der Waals surface area (Å²) in [4.78, 5) is 26.3. The lowest BCUT2D eigenvalue weighted by atomic mass is 10.1. The third-order valence-corrected chi connectivity index (χ3v) is 4.84. The Morgan fingerprint density at radius 3 is 2.31 bits per heavy atom. The largest absolute Gasteiger partial charge is 0.356 e. The number of rotatable bonds is 8. The van der Waals surface area contributed by atoms with Crippen LogP contribution >= 0.6 is 0 Å². The maximum absolute atomic E-state index is 12.3. The van der Waals surface area contributed by atoms with E-state index in [1.807, 2.05) is 36.4 Å². The van der Waals surface area contributed by atoms with Crippen LogP contribution in [0, 0.1) is 5.92 Å². The van der Waals surface area contributed by atoms with E-state index in [9.17, 15) is 9.59 Å². The molecular weight excluding hydrogens is 324 g/mol. The van der Waals surface area contributed by atoms with Crippen LogP contribution in [0.2, 0.25) is 0 Å². The van der Waals surface area contributed by atoms with Crippen molar-refractivity contribution in [3.63, 3.8) is 0 Å². The minimum Gasteiger partial charge on any atom is -0.356 e. The number of aryl methyl sites for hydroxylation is 1. The summed E-state index contributed by atoms with van der Waals surface area (Å²) in [7, 11) is 0. The van der Waals surface area contributed by atoms with E-state index in [0.717, 1.165) is 24.8 Å². The van der Waals surface area contributed by atoms with Gasteiger partial charge in [0.05, 0.1) is 5.92 Å². The highest BCUT2D eigenvalue weighted by molar-refractivity contribution is 5.89. The van der Waals surface area contributed by atoms with Crippen LogP contribution < -0.4 is 5.32 Å². The monoisotopic (exact) mass is 350 g/mol. The highest BCUT2D eigenvalue weighted by atomic mass is 16.2. The summed E-state index contributed by atoms with van der Waals surface area (Å²) in [5, 5.41) is 3.00. The van der Waals surface area contributed by atoms with E-state index in [1.165, 1.54) is 5.56 Å². The summed E-state index contributed by atoms with van der Waals surface area (Å²) in [6, 6.07) is 20.3. The van der Waals surface area contributed by atoms with E-state index in [2.05, 4.69) is 29.6 Å². The van der Waals surface area contributed by atoms with Crippen LogP contribution in [0.25, 0.3) is 0 Å². The number of hydrogen-bond donors (Lipinski definition) is 1. The summed E-state index contributed by atoms with van der Waals surface area (Å²) < 4.78 is 0. The van der Waals surface area contributed by atoms with Gasteiger partial charge in [0.2, 0.25) is 11.8 Å². The second-order valence-electron chi connectivity index (χ2n) is 6.89. The molecule has 3 rings (SSSR count). The molecule has 1 atom stereocenters. The van der Waals surface area contributed by atoms with Crippen LogP contribution in [0.1, 0.15) is 30.4 Å². The highest BCUT2D eigenvalue weighted by Crippen LogP contribution is 2.20. The Balaban J connectivity index is 1.36. The van der Waals surface area contributed by atoms with Crippen molar-refractivity contribution >= 4 is 11.8 Å². The molecule has 0 saturated carbocycles. The predicted octanol–water partition coefficient (Wildman–Crippen LogP) is 3.17. The lowest BCUT2D eigenvalue weighted by Gasteiger charge is -2.16. The van der Waals surface area contributed by atoms with Crippen molar-refractivity contribution in [1.82, 2.24) is 10.2 Å². The average Bonchev–Trinajstić information content (AvgIpc) is 3.03. The van der Waals surface area contributed by atoms with Gasteiger partial charge < -0.3 is 10.2 Å². The van der Waals surface area contributed by atoms with Gasteiger partial charge in [0, 0.05) is 26.1 Å². The molecule has 4 heteroatoms. The topological polar surface area (TPSA) is 49.4 Å². The Kier molecular flexibility index (Phi) is 6.42. The molecule has 1 aliphatic rings. The Labute approximate surface area is 155 Å². The fourth-order valence-electron chi connectivity index (χ4n) is 3.36. The minimum atomic E-state index is -0.222. The van der Waals surface area contributed by atoms with Crippen molar-refractivity contribution in [3.05, 3.63) is 71.8 Å². The number of likely N-dealkylation sites (tertiary alicyclic amines) is 1. The lowest BCUT2D eigenvalue weighted by Crippen LogP contribution is -2.33. The maximum atomic E-state index is 12.3. The lowest BCUT2D eigenvalue weighted by molar-refractivity contribution is -0.129. The molecule has 0 bridgehead atoms. The van der Waals surface area contributed by atoms with E-state index < -0.39 is 0 Å². The normalized spacial score (nSPS) is 16.7. The summed E-state index contributed by atoms with van der Waals surface area (Å²) in [5.74, 6) is -0.146. The first-order valence-corrected chi connectivity index (χ1v) is 9.36. The fraction of sp³-hybridized carbons (Fsp3) is 0.364. The van der Waals surface area contributed by atoms with Gasteiger partial charge in [-0.3, -0.25) is 9.59 Å². The second kappa shape index (κ2) is 9.18. The number of unbranched alkanes of at least 4 members (excludes halogenated alkanes) is 1. The zero-order chi connectivity index (χ0) is 18.2. The first-order chi connectivity index (χ1) is 12.7. The van der Waals surface area contributed by atoms with Gasteiger partial charge in [0.1, 0.15) is 0 Å². The molecule has 26 heavy (non-hydrogen) atoms. The molecule has 1 unspecified atom stereocenters. The number of carbonyl (C=O) groups is 2. The molecule has 0 aliphatic carbocycles. The van der Waals surface area contributed by atoms with E-state index in [-0.39, 0.29) is 17.7 Å². The molecular formula is C22H26N2O2. The number of benzene rings is 2. The molecule has 1 N–H and O–H groups in total. The molecule has 2 amide bonds. The Bertz CT molecular complexity index is 715. The van der Waals surface area contributed by atoms with Crippen molar-refractivity contribution in [2.75, 3.05) is 13.1 Å². The van der Waals surface area contributed by atoms with E-state index >= 15 is 0 Å². The van der Waals surface area contributed by atoms with Crippen molar-refractivity contribution in [2.45, 2.75) is 32.2 Å². The number of nitrogens with one attached hydrogen (secondary N) is 1. The van der Waals surface area contributed by atoms with E-state index in [0.29, 0.717) is 26.1 Å². The fourth-order valence-corrected chi connectivity index (χ4v) is 3.36. The molecule has 1 heterocycles. The van der Waals surface area contributed by atoms with Crippen LogP contribution in [0.15, 0.2) is 60.7 Å². The first kappa shape index (κ1) is 18.2. The molecule has 1 fully saturated rings. The number of carbonyl (C=O) groups excluding carboxylic acids is 2. The number of nitrogens with zero attached hydrogens (tertiary/aromatic N) is 1. The van der Waals surface area contributed by atoms with Gasteiger partial charge in [0.15, 0.2) is 0 Å². The molecule has 136 valence electrons. The van der Waals surface area contributed by atoms with Crippen LogP contribution in [0.4, 0.5) is 0 Å². The van der Waals surface area contributed by atoms with E-state index in [4.69, 9.17) is 0 Å². The smallest absolute Gasteiger partial charge is 0.225 e. The molecule has 0 radical (unpaired) electrons. The third-order valence-electron chi connectivity index (χ3n) is 4.84. The van der Waals surface area contributed by atoms with Crippen molar-refractivity contribution in [3.8, 4) is 0 Å². The molecule has 2 aromatic rings. The van der Waals surface area contributed by atoms with Crippen molar-refractivity contribution < 1.29 is 9.59 Å². The minimum absolute atomic E-state index is 0.00798. The first-order valence-electron chi connectivity index (χ1n) is 9.36. The van der Waals surface area contributed by atoms with Crippen LogP contribution in [0.3, 0.4) is 0 Å². The van der Waals surface area contributed by atoms with Crippen LogP contribution in [0.5, 0.6) is 0 Å². The Morgan fingerprint density at radius 2 is 1.62 bits per heavy atom. The number of hydrogen-bond acceptors (Lipinski definition) is 2. The van der Waals surface area contributed by atoms with Gasteiger partial charge in [0.25, 0.3) is 0 Å². The standard InChI is InChI=1S/C22H26N2O2/c25-21-15-20(17-24(21)16-19-12-5-2-6-13-19)22(26)23-14-8-7-11-18-9-3-1-4-10-18/h1-6,9-10,12-13,20H,7-8,11,14-17H2,(H,23,26). The van der Waals surface area contributed by atoms with Gasteiger partial charge in [-0.05, 0) is 30.4 Å². The molecule has 2 aromatic carbocycles. The average molecular weight is 350 g/mol. The van der Waals surface area contributed by atoms with Gasteiger partial charge in [-0.2, -0.15) is 0 Å². The zero-order valence-corrected chi connectivity index (χ0v) is 15.1. The molecule has 1 saturated heterocycles. The van der Waals surface area contributed by atoms with Gasteiger partial charge in [-0.15, -0.1) is 0 Å². The van der Waals surface area contributed by atoms with Crippen molar-refractivity contribution in [2.24, 2.45) is 5.92 Å². The molecule has 4 nitrogen and oxygen atoms in total.